The van der Waals surface area contributed by atoms with Gasteiger partial charge >= 0.3 is 0 Å². The number of aryl methyl sites for hydroxylation is 1. The number of ether oxygens (including phenoxy) is 1. The lowest BCUT2D eigenvalue weighted by Crippen LogP contribution is -2.46. The molecule has 28 heavy (non-hydrogen) atoms. The highest BCUT2D eigenvalue weighted by molar-refractivity contribution is 5.86. The molecule has 0 radical (unpaired) electrons. The van der Waals surface area contributed by atoms with Crippen LogP contribution in [-0.2, 0) is 13.6 Å². The van der Waals surface area contributed by atoms with E-state index in [2.05, 4.69) is 48.2 Å². The largest absolute Gasteiger partial charge is 0.477 e. The van der Waals surface area contributed by atoms with Gasteiger partial charge in [0.05, 0.1) is 29.4 Å². The topological polar surface area (TPSA) is 72.2 Å². The molecule has 3 aromatic rings. The Hall–Kier alpha value is -2.74. The summed E-state index contributed by atoms with van der Waals surface area (Å²) in [5.74, 6) is 1.41. The van der Waals surface area contributed by atoms with Gasteiger partial charge < -0.3 is 9.64 Å². The van der Waals surface area contributed by atoms with Crippen LogP contribution in [0.25, 0.3) is 10.9 Å². The van der Waals surface area contributed by atoms with Crippen molar-refractivity contribution in [3.63, 3.8) is 0 Å². The second-order valence-electron chi connectivity index (χ2n) is 7.72. The molecule has 146 valence electrons. The van der Waals surface area contributed by atoms with Crippen LogP contribution in [0.15, 0.2) is 30.7 Å². The molecule has 2 aromatic heterocycles. The van der Waals surface area contributed by atoms with E-state index in [1.54, 1.807) is 11.1 Å². The molecule has 2 aliphatic rings. The summed E-state index contributed by atoms with van der Waals surface area (Å²) in [5, 5.41) is 9.54. The Morgan fingerprint density at radius 1 is 1.11 bits per heavy atom. The molecule has 3 heterocycles. The van der Waals surface area contributed by atoms with Crippen molar-refractivity contribution >= 4 is 16.6 Å². The summed E-state index contributed by atoms with van der Waals surface area (Å²) in [6.07, 6.45) is 5.98. The van der Waals surface area contributed by atoms with Gasteiger partial charge in [0.15, 0.2) is 0 Å². The van der Waals surface area contributed by atoms with Crippen molar-refractivity contribution in [1.82, 2.24) is 29.9 Å². The number of fused-ring (bicyclic) bond motifs is 1. The Balaban J connectivity index is 1.27. The molecular formula is C20H25N7O. The van der Waals surface area contributed by atoms with Crippen LogP contribution in [0.3, 0.4) is 0 Å². The first-order chi connectivity index (χ1) is 13.7. The van der Waals surface area contributed by atoms with Crippen molar-refractivity contribution in [3.05, 3.63) is 36.4 Å². The molecule has 0 atom stereocenters. The molecule has 8 heteroatoms. The highest BCUT2D eigenvalue weighted by Gasteiger charge is 2.23. The van der Waals surface area contributed by atoms with E-state index in [1.165, 1.54) is 18.5 Å². The molecule has 8 nitrogen and oxygen atoms in total. The van der Waals surface area contributed by atoms with E-state index in [-0.39, 0.29) is 0 Å². The van der Waals surface area contributed by atoms with Gasteiger partial charge in [-0.1, -0.05) is 0 Å². The average molecular weight is 379 g/mol. The molecule has 1 aliphatic heterocycles. The Kier molecular flexibility index (Phi) is 4.56. The van der Waals surface area contributed by atoms with Crippen LogP contribution in [-0.4, -0.2) is 62.6 Å². The van der Waals surface area contributed by atoms with Gasteiger partial charge in [-0.25, -0.2) is 9.97 Å². The minimum absolute atomic E-state index is 0.704. The van der Waals surface area contributed by atoms with Crippen LogP contribution in [0.1, 0.15) is 18.5 Å². The van der Waals surface area contributed by atoms with Gasteiger partial charge in [-0.05, 0) is 37.0 Å². The molecule has 1 saturated carbocycles. The van der Waals surface area contributed by atoms with Crippen LogP contribution in [0, 0.1) is 5.92 Å². The van der Waals surface area contributed by atoms with E-state index in [9.17, 15) is 0 Å². The van der Waals surface area contributed by atoms with Crippen molar-refractivity contribution in [3.8, 4) is 5.88 Å². The summed E-state index contributed by atoms with van der Waals surface area (Å²) in [6.45, 7) is 5.59. The summed E-state index contributed by atoms with van der Waals surface area (Å²) in [4.78, 5) is 15.2. The van der Waals surface area contributed by atoms with E-state index < -0.39 is 0 Å². The van der Waals surface area contributed by atoms with Crippen molar-refractivity contribution in [2.45, 2.75) is 19.4 Å². The Morgan fingerprint density at radius 2 is 1.96 bits per heavy atom. The molecule has 0 spiro atoms. The van der Waals surface area contributed by atoms with Gasteiger partial charge in [0.1, 0.15) is 6.33 Å². The predicted octanol–water partition coefficient (Wildman–Crippen LogP) is 1.87. The molecule has 0 unspecified atom stereocenters. The number of benzene rings is 1. The maximum absolute atomic E-state index is 5.98. The summed E-state index contributed by atoms with van der Waals surface area (Å²) in [6, 6.07) is 6.40. The Morgan fingerprint density at radius 3 is 2.71 bits per heavy atom. The number of hydrogen-bond donors (Lipinski definition) is 0. The van der Waals surface area contributed by atoms with Crippen LogP contribution in [0.4, 0.5) is 5.69 Å². The molecule has 0 amide bonds. The fraction of sp³-hybridized carbons (Fsp3) is 0.500. The summed E-state index contributed by atoms with van der Waals surface area (Å²) in [7, 11) is 1.85. The SMILES string of the molecule is Cn1ncc(CN2CCN(c3ccc4ncnc(OCC5CC5)c4c3)CC2)n1. The minimum atomic E-state index is 0.704. The van der Waals surface area contributed by atoms with E-state index in [0.717, 1.165) is 55.9 Å². The first-order valence-corrected chi connectivity index (χ1v) is 9.95. The lowest BCUT2D eigenvalue weighted by atomic mass is 10.2. The minimum Gasteiger partial charge on any atom is -0.477 e. The molecule has 5 rings (SSSR count). The van der Waals surface area contributed by atoms with E-state index in [4.69, 9.17) is 4.74 Å². The Labute approximate surface area is 164 Å². The van der Waals surface area contributed by atoms with Crippen molar-refractivity contribution in [2.75, 3.05) is 37.7 Å². The van der Waals surface area contributed by atoms with Gasteiger partial charge in [-0.15, -0.1) is 0 Å². The Bertz CT molecular complexity index is 960. The van der Waals surface area contributed by atoms with Gasteiger partial charge in [0.2, 0.25) is 5.88 Å². The highest BCUT2D eigenvalue weighted by Crippen LogP contribution is 2.32. The maximum Gasteiger partial charge on any atom is 0.224 e. The van der Waals surface area contributed by atoms with Crippen LogP contribution in [0.5, 0.6) is 5.88 Å². The summed E-state index contributed by atoms with van der Waals surface area (Å²) >= 11 is 0. The number of piperazine rings is 1. The summed E-state index contributed by atoms with van der Waals surface area (Å²) in [5.41, 5.74) is 3.17. The fourth-order valence-electron chi connectivity index (χ4n) is 3.67. The number of hydrogen-bond acceptors (Lipinski definition) is 7. The lowest BCUT2D eigenvalue weighted by molar-refractivity contribution is 0.246. The summed E-state index contributed by atoms with van der Waals surface area (Å²) < 4.78 is 5.98. The van der Waals surface area contributed by atoms with Gasteiger partial charge in [0.25, 0.3) is 0 Å². The highest BCUT2D eigenvalue weighted by atomic mass is 16.5. The van der Waals surface area contributed by atoms with Crippen LogP contribution < -0.4 is 9.64 Å². The number of anilines is 1. The monoisotopic (exact) mass is 379 g/mol. The zero-order chi connectivity index (χ0) is 18.9. The zero-order valence-corrected chi connectivity index (χ0v) is 16.2. The van der Waals surface area contributed by atoms with Crippen LogP contribution in [0.2, 0.25) is 0 Å². The first kappa shape index (κ1) is 17.4. The smallest absolute Gasteiger partial charge is 0.224 e. The van der Waals surface area contributed by atoms with E-state index in [1.807, 2.05) is 13.2 Å². The fourth-order valence-corrected chi connectivity index (χ4v) is 3.67. The molecule has 2 fully saturated rings. The average Bonchev–Trinajstić information content (AvgIpc) is 3.47. The number of nitrogens with zero attached hydrogens (tertiary/aromatic N) is 7. The third kappa shape index (κ3) is 3.77. The molecule has 1 saturated heterocycles. The molecule has 0 N–H and O–H groups in total. The normalized spacial score (nSPS) is 18.0. The second kappa shape index (κ2) is 7.35. The molecule has 1 aliphatic carbocycles. The van der Waals surface area contributed by atoms with Crippen molar-refractivity contribution in [1.29, 1.82) is 0 Å². The van der Waals surface area contributed by atoms with Gasteiger partial charge in [0, 0.05) is 45.5 Å². The zero-order valence-electron chi connectivity index (χ0n) is 16.2. The predicted molar refractivity (Wildman–Crippen MR) is 106 cm³/mol. The first-order valence-electron chi connectivity index (χ1n) is 9.95. The van der Waals surface area contributed by atoms with E-state index in [0.29, 0.717) is 11.8 Å². The maximum atomic E-state index is 5.98. The third-order valence-electron chi connectivity index (χ3n) is 5.51. The molecule has 0 bridgehead atoms. The van der Waals surface area contributed by atoms with Gasteiger partial charge in [-0.2, -0.15) is 15.0 Å². The third-order valence-corrected chi connectivity index (χ3v) is 5.51. The molecular weight excluding hydrogens is 354 g/mol. The molecule has 1 aromatic carbocycles. The standard InChI is InChI=1S/C20H25N7O/c1-25-23-11-16(24-25)12-26-6-8-27(9-7-26)17-4-5-19-18(10-17)20(22-14-21-19)28-13-15-2-3-15/h4-5,10-11,14-15H,2-3,6-9,12-13H2,1H3. The van der Waals surface area contributed by atoms with Gasteiger partial charge in [-0.3, -0.25) is 4.90 Å². The second-order valence-corrected chi connectivity index (χ2v) is 7.72. The number of rotatable bonds is 6. The van der Waals surface area contributed by atoms with Crippen molar-refractivity contribution < 1.29 is 4.74 Å². The quantitative estimate of drug-likeness (QED) is 0.647. The lowest BCUT2D eigenvalue weighted by Gasteiger charge is -2.35. The number of aromatic nitrogens is 5. The van der Waals surface area contributed by atoms with E-state index >= 15 is 0 Å². The van der Waals surface area contributed by atoms with Crippen LogP contribution >= 0.6 is 0 Å². The van der Waals surface area contributed by atoms with Crippen molar-refractivity contribution in [2.24, 2.45) is 13.0 Å².